The molecule has 0 fully saturated rings. The van der Waals surface area contributed by atoms with E-state index in [4.69, 9.17) is 50.1 Å². The molecule has 1 unspecified atom stereocenters. The van der Waals surface area contributed by atoms with Gasteiger partial charge in [0, 0.05) is 28.3 Å². The molecule has 0 aliphatic rings. The van der Waals surface area contributed by atoms with Crippen LogP contribution in [0.1, 0.15) is 26.7 Å². The molecule has 0 saturated carbocycles. The van der Waals surface area contributed by atoms with E-state index in [1.807, 2.05) is 30.5 Å². The summed E-state index contributed by atoms with van der Waals surface area (Å²) >= 11 is 6.01. The summed E-state index contributed by atoms with van der Waals surface area (Å²) in [6.45, 7) is 6.47. The van der Waals surface area contributed by atoms with E-state index < -0.39 is 15.6 Å². The Balaban J connectivity index is 0.000000702. The monoisotopic (exact) mass is 493 g/mol. The molecule has 0 spiro atoms. The fraction of sp³-hybridized carbons (Fsp3) is 0.438. The van der Waals surface area contributed by atoms with E-state index in [1.165, 1.54) is 6.42 Å². The number of rotatable bonds is 7. The lowest BCUT2D eigenvalue weighted by Crippen LogP contribution is -2.19. The van der Waals surface area contributed by atoms with E-state index in [9.17, 15) is 0 Å². The Morgan fingerprint density at radius 3 is 2.17 bits per heavy atom. The molecule has 0 bridgehead atoms. The van der Waals surface area contributed by atoms with Crippen LogP contribution >= 0.6 is 27.2 Å². The Kier molecular flexibility index (Phi) is 13.5. The molecule has 11 nitrogen and oxygen atoms in total. The largest absolute Gasteiger partial charge is 0.466 e. The van der Waals surface area contributed by atoms with Gasteiger partial charge in [0.15, 0.2) is 0 Å². The van der Waals surface area contributed by atoms with Crippen LogP contribution in [0.5, 0.6) is 0 Å². The lowest BCUT2D eigenvalue weighted by molar-refractivity contribution is 0.272. The van der Waals surface area contributed by atoms with Crippen molar-refractivity contribution in [1.82, 2.24) is 10.3 Å². The number of benzene rings is 1. The molecule has 0 saturated heterocycles. The number of fused-ring (bicyclic) bond motifs is 1. The van der Waals surface area contributed by atoms with Gasteiger partial charge in [0.25, 0.3) is 0 Å². The van der Waals surface area contributed by atoms with Crippen LogP contribution in [-0.4, -0.2) is 53.5 Å². The summed E-state index contributed by atoms with van der Waals surface area (Å²) in [5.74, 6) is 0. The van der Waals surface area contributed by atoms with Crippen molar-refractivity contribution in [3.8, 4) is 0 Å². The minimum absolute atomic E-state index is 0.440. The van der Waals surface area contributed by atoms with Crippen molar-refractivity contribution in [1.29, 1.82) is 0 Å². The van der Waals surface area contributed by atoms with E-state index in [0.29, 0.717) is 6.04 Å². The van der Waals surface area contributed by atoms with Crippen LogP contribution in [0.2, 0.25) is 5.02 Å². The second-order valence-corrected chi connectivity index (χ2v) is 8.58. The molecule has 14 heteroatoms. The number of halogens is 1. The van der Waals surface area contributed by atoms with Crippen molar-refractivity contribution in [2.45, 2.75) is 32.7 Å². The highest BCUT2D eigenvalue weighted by Gasteiger charge is 2.06. The number of aromatic nitrogens is 1. The minimum Gasteiger partial charge on any atom is -0.382 e. The van der Waals surface area contributed by atoms with Crippen LogP contribution in [0.15, 0.2) is 30.5 Å². The molecule has 1 heterocycles. The van der Waals surface area contributed by atoms with E-state index in [2.05, 4.69) is 29.5 Å². The smallest absolute Gasteiger partial charge is 0.382 e. The summed E-state index contributed by atoms with van der Waals surface area (Å²) in [6.07, 6.45) is 4.15. The van der Waals surface area contributed by atoms with Gasteiger partial charge in [-0.15, -0.1) is 0 Å². The van der Waals surface area contributed by atoms with Crippen molar-refractivity contribution in [3.63, 3.8) is 0 Å². The standard InChI is InChI=1S/C16H22ClN3.2H3O4P/c1-3-18-9-4-5-12(2)20-15-8-10-19-16-11-13(17)6-7-14(15)16;2*1-5(2,3)4/h6-8,10-12,18H,3-5,9H2,1-2H3,(H,19,20);2*(H3,1,2,3,4)/i6+1,7+1,11+1,13+1,14+1,16+1;;. The molecule has 0 amide bonds. The van der Waals surface area contributed by atoms with Crippen molar-refractivity contribution < 1.29 is 38.5 Å². The first-order chi connectivity index (χ1) is 13.7. The summed E-state index contributed by atoms with van der Waals surface area (Å²) in [6, 6.07) is 8.30. The van der Waals surface area contributed by atoms with Crippen molar-refractivity contribution >= 4 is 43.8 Å². The first-order valence-corrected chi connectivity index (χ1v) is 12.3. The molecule has 0 radical (unpaired) electrons. The summed E-state index contributed by atoms with van der Waals surface area (Å²) in [4.78, 5) is 47.5. The fourth-order valence-electron chi connectivity index (χ4n) is 2.29. The van der Waals surface area contributed by atoms with Crippen molar-refractivity contribution in [2.75, 3.05) is 18.4 Å². The molecule has 2 rings (SSSR count). The molecular weight excluding hydrogens is 466 g/mol. The normalized spacial score (nSPS) is 12.3. The number of hydrogen-bond donors (Lipinski definition) is 8. The molecule has 172 valence electrons. The predicted molar refractivity (Wildman–Crippen MR) is 116 cm³/mol. The molecule has 30 heavy (non-hydrogen) atoms. The zero-order chi connectivity index (χ0) is 23.4. The minimum atomic E-state index is -4.64. The van der Waals surface area contributed by atoms with Crippen LogP contribution in [0, 0.1) is 0 Å². The summed E-state index contributed by atoms with van der Waals surface area (Å²) in [5, 5.41) is 8.77. The van der Waals surface area contributed by atoms with E-state index in [0.717, 1.165) is 41.1 Å². The number of nitrogens with zero attached hydrogens (tertiary/aromatic N) is 1. The topological polar surface area (TPSA) is 192 Å². The Morgan fingerprint density at radius 1 is 1.07 bits per heavy atom. The van der Waals surface area contributed by atoms with Crippen molar-refractivity contribution in [3.05, 3.63) is 35.5 Å². The molecule has 1 aromatic heterocycles. The maximum absolute atomic E-state index is 8.88. The molecular formula is C16H28ClN3O8P2. The van der Waals surface area contributed by atoms with Crippen LogP contribution in [0.4, 0.5) is 5.69 Å². The lowest BCUT2D eigenvalue weighted by atomic mass is 10.2. The van der Waals surface area contributed by atoms with E-state index >= 15 is 0 Å². The van der Waals surface area contributed by atoms with Crippen LogP contribution in [0.3, 0.4) is 0 Å². The Labute approximate surface area is 179 Å². The van der Waals surface area contributed by atoms with E-state index in [-0.39, 0.29) is 0 Å². The molecule has 8 N–H and O–H groups in total. The Bertz CT molecular complexity index is 825. The quantitative estimate of drug-likeness (QED) is 0.208. The van der Waals surface area contributed by atoms with Gasteiger partial charge < -0.3 is 40.0 Å². The van der Waals surface area contributed by atoms with Crippen molar-refractivity contribution in [2.24, 2.45) is 0 Å². The third-order valence-electron chi connectivity index (χ3n) is 3.35. The molecule has 0 aliphatic carbocycles. The van der Waals surface area contributed by atoms with Gasteiger partial charge in [0.1, 0.15) is 0 Å². The Hall–Kier alpha value is -1.10. The highest BCUT2D eigenvalue weighted by molar-refractivity contribution is 7.45. The molecule has 1 aromatic carbocycles. The van der Waals surface area contributed by atoms with Gasteiger partial charge in [-0.2, -0.15) is 0 Å². The van der Waals surface area contributed by atoms with Gasteiger partial charge in [-0.3, -0.25) is 4.98 Å². The van der Waals surface area contributed by atoms with Crippen LogP contribution < -0.4 is 10.6 Å². The zero-order valence-corrected chi connectivity index (χ0v) is 19.1. The number of phosphoric acid groups is 2. The SMILES string of the molecule is CCNCCCC(C)Nc1ccn[13c]2[13cH][13c](Cl)[13cH][13cH][13c]12.O=P(O)(O)O.O=P(O)(O)O. The average molecular weight is 494 g/mol. The maximum atomic E-state index is 8.88. The van der Waals surface area contributed by atoms with Gasteiger partial charge in [0.05, 0.1) is 5.52 Å². The first-order valence-electron chi connectivity index (χ1n) is 8.78. The third-order valence-corrected chi connectivity index (χ3v) is 3.58. The van der Waals surface area contributed by atoms with Crippen LogP contribution in [0.25, 0.3) is 10.9 Å². The second kappa shape index (κ2) is 14.1. The first kappa shape index (κ1) is 28.9. The molecule has 0 aliphatic heterocycles. The maximum Gasteiger partial charge on any atom is 0.466 e. The van der Waals surface area contributed by atoms with E-state index in [1.54, 1.807) is 0 Å². The second-order valence-electron chi connectivity index (χ2n) is 6.09. The lowest BCUT2D eigenvalue weighted by Gasteiger charge is -2.16. The number of pyridine rings is 1. The molecule has 1 atom stereocenters. The number of nitrogens with one attached hydrogen (secondary N) is 2. The third kappa shape index (κ3) is 17.7. The predicted octanol–water partition coefficient (Wildman–Crippen LogP) is 2.22. The summed E-state index contributed by atoms with van der Waals surface area (Å²) in [5.41, 5.74) is 2.06. The summed E-state index contributed by atoms with van der Waals surface area (Å²) in [7, 11) is -9.28. The average Bonchev–Trinajstić information content (AvgIpc) is 2.56. The van der Waals surface area contributed by atoms with Crippen LogP contribution in [-0.2, 0) is 9.13 Å². The summed E-state index contributed by atoms with van der Waals surface area (Å²) < 4.78 is 17.8. The fourth-order valence-corrected chi connectivity index (χ4v) is 2.46. The highest BCUT2D eigenvalue weighted by atomic mass is 35.5. The Morgan fingerprint density at radius 2 is 1.63 bits per heavy atom. The van der Waals surface area contributed by atoms with Gasteiger partial charge in [0.2, 0.25) is 0 Å². The van der Waals surface area contributed by atoms with Gasteiger partial charge in [-0.05, 0) is 57.1 Å². The van der Waals surface area contributed by atoms with Gasteiger partial charge >= 0.3 is 15.6 Å². The molecule has 2 aromatic rings. The number of hydrogen-bond acceptors (Lipinski definition) is 5. The van der Waals surface area contributed by atoms with Gasteiger partial charge in [-0.1, -0.05) is 18.5 Å². The highest BCUT2D eigenvalue weighted by Crippen LogP contribution is 2.26. The zero-order valence-electron chi connectivity index (χ0n) is 16.5. The van der Waals surface area contributed by atoms with Gasteiger partial charge in [-0.25, -0.2) is 9.13 Å². The number of anilines is 1.